The predicted octanol–water partition coefficient (Wildman–Crippen LogP) is 2.67. The number of ether oxygens (including phenoxy) is 1. The molecule has 4 nitrogen and oxygen atoms in total. The molecule has 17 heavy (non-hydrogen) atoms. The van der Waals surface area contributed by atoms with Crippen LogP contribution in [0.4, 0.5) is 0 Å². The first-order valence-corrected chi connectivity index (χ1v) is 5.56. The summed E-state index contributed by atoms with van der Waals surface area (Å²) in [6, 6.07) is 7.04. The summed E-state index contributed by atoms with van der Waals surface area (Å²) in [5.74, 6) is 1.21. The number of hydrogen-bond donors (Lipinski definition) is 1. The van der Waals surface area contributed by atoms with Crippen LogP contribution >= 0.6 is 11.6 Å². The standard InChI is InChI=1S/C12H13ClN2O2/c1-8-11(7-16)12(15(2)14-8)17-10-5-3-9(13)4-6-10/h3-6,16H,7H2,1-2H3. The zero-order valence-corrected chi connectivity index (χ0v) is 10.4. The average molecular weight is 253 g/mol. The molecule has 0 saturated heterocycles. The lowest BCUT2D eigenvalue weighted by molar-refractivity contribution is 0.274. The van der Waals surface area contributed by atoms with Gasteiger partial charge in [-0.3, -0.25) is 0 Å². The smallest absolute Gasteiger partial charge is 0.223 e. The minimum Gasteiger partial charge on any atom is -0.439 e. The van der Waals surface area contributed by atoms with Crippen LogP contribution in [0.3, 0.4) is 0 Å². The summed E-state index contributed by atoms with van der Waals surface area (Å²) in [5.41, 5.74) is 1.46. The maximum absolute atomic E-state index is 9.28. The van der Waals surface area contributed by atoms with Gasteiger partial charge in [0.05, 0.1) is 17.9 Å². The van der Waals surface area contributed by atoms with Gasteiger partial charge in [0, 0.05) is 12.1 Å². The van der Waals surface area contributed by atoms with E-state index in [2.05, 4.69) is 5.10 Å². The van der Waals surface area contributed by atoms with Crippen LogP contribution in [-0.2, 0) is 13.7 Å². The Hall–Kier alpha value is -1.52. The molecule has 0 atom stereocenters. The van der Waals surface area contributed by atoms with Crippen molar-refractivity contribution in [3.63, 3.8) is 0 Å². The number of hydrogen-bond acceptors (Lipinski definition) is 3. The number of benzene rings is 1. The monoisotopic (exact) mass is 252 g/mol. The third-order valence-corrected chi connectivity index (χ3v) is 2.73. The van der Waals surface area contributed by atoms with E-state index in [4.69, 9.17) is 16.3 Å². The van der Waals surface area contributed by atoms with E-state index in [1.807, 2.05) is 6.92 Å². The van der Waals surface area contributed by atoms with E-state index in [-0.39, 0.29) is 6.61 Å². The van der Waals surface area contributed by atoms with Crippen molar-refractivity contribution in [2.24, 2.45) is 7.05 Å². The van der Waals surface area contributed by atoms with Crippen LogP contribution in [0.25, 0.3) is 0 Å². The molecule has 0 bridgehead atoms. The number of aryl methyl sites for hydroxylation is 2. The second-order valence-corrected chi connectivity index (χ2v) is 4.14. The lowest BCUT2D eigenvalue weighted by Crippen LogP contribution is -1.97. The van der Waals surface area contributed by atoms with Gasteiger partial charge in [0.2, 0.25) is 5.88 Å². The lowest BCUT2D eigenvalue weighted by atomic mass is 10.2. The number of nitrogens with zero attached hydrogens (tertiary/aromatic N) is 2. The molecule has 1 aromatic heterocycles. The maximum Gasteiger partial charge on any atom is 0.223 e. The topological polar surface area (TPSA) is 47.3 Å². The van der Waals surface area contributed by atoms with Crippen LogP contribution in [0.15, 0.2) is 24.3 Å². The first-order valence-electron chi connectivity index (χ1n) is 5.18. The highest BCUT2D eigenvalue weighted by Gasteiger charge is 2.14. The molecule has 0 unspecified atom stereocenters. The predicted molar refractivity (Wildman–Crippen MR) is 65.4 cm³/mol. The van der Waals surface area contributed by atoms with Crippen molar-refractivity contribution >= 4 is 11.6 Å². The molecular weight excluding hydrogens is 240 g/mol. The van der Waals surface area contributed by atoms with Crippen molar-refractivity contribution in [2.75, 3.05) is 0 Å². The summed E-state index contributed by atoms with van der Waals surface area (Å²) < 4.78 is 7.30. The zero-order valence-electron chi connectivity index (χ0n) is 9.64. The van der Waals surface area contributed by atoms with Crippen LogP contribution in [0.1, 0.15) is 11.3 Å². The average Bonchev–Trinajstić information content (AvgIpc) is 2.57. The molecule has 0 aliphatic rings. The SMILES string of the molecule is Cc1nn(C)c(Oc2ccc(Cl)cc2)c1CO. The van der Waals surface area contributed by atoms with Gasteiger partial charge in [0.25, 0.3) is 0 Å². The first kappa shape index (κ1) is 12.0. The Morgan fingerprint density at radius 1 is 1.35 bits per heavy atom. The lowest BCUT2D eigenvalue weighted by Gasteiger charge is -2.07. The fourth-order valence-corrected chi connectivity index (χ4v) is 1.73. The fraction of sp³-hybridized carbons (Fsp3) is 0.250. The molecule has 90 valence electrons. The van der Waals surface area contributed by atoms with Crippen molar-refractivity contribution in [2.45, 2.75) is 13.5 Å². The molecule has 0 aliphatic heterocycles. The van der Waals surface area contributed by atoms with E-state index >= 15 is 0 Å². The van der Waals surface area contributed by atoms with Gasteiger partial charge < -0.3 is 9.84 Å². The van der Waals surface area contributed by atoms with Gasteiger partial charge in [-0.1, -0.05) is 11.6 Å². The molecule has 1 heterocycles. The normalized spacial score (nSPS) is 10.6. The Morgan fingerprint density at radius 3 is 2.59 bits per heavy atom. The van der Waals surface area contributed by atoms with E-state index in [1.165, 1.54) is 0 Å². The Labute approximate surface area is 104 Å². The Bertz CT molecular complexity index is 520. The van der Waals surface area contributed by atoms with E-state index in [0.29, 0.717) is 22.2 Å². The summed E-state index contributed by atoms with van der Waals surface area (Å²) >= 11 is 5.80. The van der Waals surface area contributed by atoms with Crippen molar-refractivity contribution in [3.05, 3.63) is 40.5 Å². The van der Waals surface area contributed by atoms with Crippen LogP contribution < -0.4 is 4.74 Å². The van der Waals surface area contributed by atoms with Crippen molar-refractivity contribution < 1.29 is 9.84 Å². The molecule has 0 aliphatic carbocycles. The van der Waals surface area contributed by atoms with Crippen LogP contribution in [0.5, 0.6) is 11.6 Å². The molecule has 0 fully saturated rings. The van der Waals surface area contributed by atoms with Gasteiger partial charge in [0.1, 0.15) is 5.75 Å². The van der Waals surface area contributed by atoms with Gasteiger partial charge in [-0.25, -0.2) is 4.68 Å². The number of halogens is 1. The van der Waals surface area contributed by atoms with E-state index in [0.717, 1.165) is 5.69 Å². The molecular formula is C12H13ClN2O2. The molecule has 0 radical (unpaired) electrons. The highest BCUT2D eigenvalue weighted by molar-refractivity contribution is 6.30. The van der Waals surface area contributed by atoms with E-state index in [1.54, 1.807) is 36.0 Å². The summed E-state index contributed by atoms with van der Waals surface area (Å²) in [7, 11) is 1.78. The molecule has 0 spiro atoms. The van der Waals surface area contributed by atoms with E-state index < -0.39 is 0 Å². The molecule has 2 aromatic rings. The minimum absolute atomic E-state index is 0.0946. The molecule has 1 N–H and O–H groups in total. The number of aliphatic hydroxyl groups excluding tert-OH is 1. The van der Waals surface area contributed by atoms with E-state index in [9.17, 15) is 5.11 Å². The quantitative estimate of drug-likeness (QED) is 0.914. The number of rotatable bonds is 3. The summed E-state index contributed by atoms with van der Waals surface area (Å²) in [6.45, 7) is 1.74. The molecule has 1 aromatic carbocycles. The summed E-state index contributed by atoms with van der Waals surface area (Å²) in [5, 5.41) is 14.1. The van der Waals surface area contributed by atoms with Crippen LogP contribution in [0, 0.1) is 6.92 Å². The second-order valence-electron chi connectivity index (χ2n) is 3.71. The van der Waals surface area contributed by atoms with Crippen molar-refractivity contribution in [1.82, 2.24) is 9.78 Å². The zero-order chi connectivity index (χ0) is 12.4. The number of aromatic nitrogens is 2. The highest BCUT2D eigenvalue weighted by Crippen LogP contribution is 2.27. The number of aliphatic hydroxyl groups is 1. The third kappa shape index (κ3) is 2.43. The second kappa shape index (κ2) is 4.77. The van der Waals surface area contributed by atoms with Gasteiger partial charge in [-0.2, -0.15) is 5.10 Å². The summed E-state index contributed by atoms with van der Waals surface area (Å²) in [4.78, 5) is 0. The molecule has 2 rings (SSSR count). The van der Waals surface area contributed by atoms with Gasteiger partial charge in [0.15, 0.2) is 0 Å². The van der Waals surface area contributed by atoms with Crippen LogP contribution in [0.2, 0.25) is 5.02 Å². The van der Waals surface area contributed by atoms with Gasteiger partial charge >= 0.3 is 0 Å². The van der Waals surface area contributed by atoms with Gasteiger partial charge in [-0.15, -0.1) is 0 Å². The molecule has 0 saturated carbocycles. The molecule has 0 amide bonds. The van der Waals surface area contributed by atoms with Crippen LogP contribution in [-0.4, -0.2) is 14.9 Å². The first-order chi connectivity index (χ1) is 8.11. The molecule has 5 heteroatoms. The summed E-state index contributed by atoms with van der Waals surface area (Å²) in [6.07, 6.45) is 0. The van der Waals surface area contributed by atoms with Crippen molar-refractivity contribution in [3.8, 4) is 11.6 Å². The Morgan fingerprint density at radius 2 is 2.00 bits per heavy atom. The highest BCUT2D eigenvalue weighted by atomic mass is 35.5. The minimum atomic E-state index is -0.0946. The Kier molecular flexibility index (Phi) is 3.36. The third-order valence-electron chi connectivity index (χ3n) is 2.48. The largest absolute Gasteiger partial charge is 0.439 e. The van der Waals surface area contributed by atoms with Gasteiger partial charge in [-0.05, 0) is 31.2 Å². The fourth-order valence-electron chi connectivity index (χ4n) is 1.60. The Balaban J connectivity index is 2.32. The van der Waals surface area contributed by atoms with Crippen molar-refractivity contribution in [1.29, 1.82) is 0 Å². The maximum atomic E-state index is 9.28.